The number of aryl methyl sites for hydroxylation is 1. The van der Waals surface area contributed by atoms with E-state index < -0.39 is 0 Å². The third-order valence-electron chi connectivity index (χ3n) is 2.86. The summed E-state index contributed by atoms with van der Waals surface area (Å²) in [6.45, 7) is 10.5. The Balaban J connectivity index is 2.99. The molecule has 0 bridgehead atoms. The second-order valence-corrected chi connectivity index (χ2v) is 4.52. The number of anilines is 2. The number of nitrogens with zero attached hydrogens (tertiary/aromatic N) is 2. The van der Waals surface area contributed by atoms with Gasteiger partial charge < -0.3 is 10.6 Å². The maximum absolute atomic E-state index is 4.44. The molecular weight excluding hydrogens is 200 g/mol. The van der Waals surface area contributed by atoms with Crippen LogP contribution in [0.25, 0.3) is 0 Å². The van der Waals surface area contributed by atoms with Gasteiger partial charge in [-0.25, -0.2) is 9.97 Å². The van der Waals surface area contributed by atoms with Gasteiger partial charge in [-0.15, -0.1) is 0 Å². The van der Waals surface area contributed by atoms with Crippen molar-refractivity contribution in [1.82, 2.24) is 9.97 Å². The number of hydrogen-bond acceptors (Lipinski definition) is 4. The van der Waals surface area contributed by atoms with Crippen molar-refractivity contribution in [2.24, 2.45) is 5.92 Å². The summed E-state index contributed by atoms with van der Waals surface area (Å²) in [6.07, 6.45) is 0. The molecule has 0 spiro atoms. The topological polar surface area (TPSA) is 49.8 Å². The van der Waals surface area contributed by atoms with Crippen LogP contribution in [0.5, 0.6) is 0 Å². The maximum atomic E-state index is 4.44. The Hall–Kier alpha value is -1.32. The molecule has 0 fully saturated rings. The van der Waals surface area contributed by atoms with Gasteiger partial charge in [-0.1, -0.05) is 13.8 Å². The first-order valence-electron chi connectivity index (χ1n) is 5.75. The molecule has 0 amide bonds. The highest BCUT2D eigenvalue weighted by Gasteiger charge is 2.12. The molecule has 1 aromatic rings. The Labute approximate surface area is 97.9 Å². The molecule has 1 atom stereocenters. The lowest BCUT2D eigenvalue weighted by molar-refractivity contribution is 0.557. The summed E-state index contributed by atoms with van der Waals surface area (Å²) in [5, 5.41) is 6.52. The van der Waals surface area contributed by atoms with Gasteiger partial charge in [-0.05, 0) is 26.7 Å². The summed E-state index contributed by atoms with van der Waals surface area (Å²) in [7, 11) is 1.88. The van der Waals surface area contributed by atoms with Crippen LogP contribution in [0.2, 0.25) is 0 Å². The van der Waals surface area contributed by atoms with Crippen molar-refractivity contribution in [3.8, 4) is 0 Å². The minimum absolute atomic E-state index is 0.401. The molecule has 0 aliphatic rings. The molecule has 0 saturated carbocycles. The van der Waals surface area contributed by atoms with Crippen LogP contribution in [0.1, 0.15) is 32.2 Å². The first-order valence-corrected chi connectivity index (χ1v) is 5.75. The quantitative estimate of drug-likeness (QED) is 0.822. The Morgan fingerprint density at radius 1 is 1.00 bits per heavy atom. The van der Waals surface area contributed by atoms with Gasteiger partial charge in [0.25, 0.3) is 0 Å². The molecule has 0 aliphatic carbocycles. The number of rotatable bonds is 4. The molecule has 4 nitrogen and oxygen atoms in total. The maximum Gasteiger partial charge on any atom is 0.134 e. The molecule has 0 radical (unpaired) electrons. The second kappa shape index (κ2) is 5.14. The van der Waals surface area contributed by atoms with E-state index in [0.29, 0.717) is 12.0 Å². The molecule has 16 heavy (non-hydrogen) atoms. The number of aromatic nitrogens is 2. The van der Waals surface area contributed by atoms with Gasteiger partial charge in [0, 0.05) is 18.7 Å². The zero-order valence-electron chi connectivity index (χ0n) is 11.0. The van der Waals surface area contributed by atoms with Gasteiger partial charge in [0.2, 0.25) is 0 Å². The molecule has 0 aromatic carbocycles. The summed E-state index contributed by atoms with van der Waals surface area (Å²) in [5.74, 6) is 3.19. The second-order valence-electron chi connectivity index (χ2n) is 4.52. The molecule has 1 heterocycles. The van der Waals surface area contributed by atoms with Crippen molar-refractivity contribution < 1.29 is 0 Å². The van der Waals surface area contributed by atoms with Gasteiger partial charge in [0.15, 0.2) is 0 Å². The van der Waals surface area contributed by atoms with E-state index in [0.717, 1.165) is 23.0 Å². The first kappa shape index (κ1) is 12.7. The molecule has 1 unspecified atom stereocenters. The molecule has 1 rings (SSSR count). The van der Waals surface area contributed by atoms with Crippen LogP contribution >= 0.6 is 0 Å². The molecule has 90 valence electrons. The molecule has 2 N–H and O–H groups in total. The fourth-order valence-electron chi connectivity index (χ4n) is 1.39. The van der Waals surface area contributed by atoms with Crippen LogP contribution in [0.15, 0.2) is 0 Å². The van der Waals surface area contributed by atoms with Gasteiger partial charge in [0.1, 0.15) is 17.5 Å². The Bertz CT molecular complexity index is 360. The smallest absolute Gasteiger partial charge is 0.134 e. The van der Waals surface area contributed by atoms with Gasteiger partial charge in [-0.2, -0.15) is 0 Å². The number of hydrogen-bond donors (Lipinski definition) is 2. The lowest BCUT2D eigenvalue weighted by Crippen LogP contribution is -2.23. The Kier molecular flexibility index (Phi) is 4.10. The molecular formula is C12H22N4. The fourth-order valence-corrected chi connectivity index (χ4v) is 1.39. The minimum atomic E-state index is 0.401. The zero-order chi connectivity index (χ0) is 12.3. The van der Waals surface area contributed by atoms with Crippen LogP contribution in [0.4, 0.5) is 11.6 Å². The van der Waals surface area contributed by atoms with Crippen LogP contribution in [0, 0.1) is 19.8 Å². The standard InChI is InChI=1S/C12H22N4/c1-7(2)9(4)14-12-8(3)11(13-6)15-10(5)16-12/h7,9H,1-6H3,(H2,13,14,15,16). The number of nitrogens with one attached hydrogen (secondary N) is 2. The van der Waals surface area contributed by atoms with E-state index >= 15 is 0 Å². The summed E-state index contributed by atoms with van der Waals surface area (Å²) < 4.78 is 0. The molecule has 4 heteroatoms. The van der Waals surface area contributed by atoms with Crippen molar-refractivity contribution in [2.75, 3.05) is 17.7 Å². The van der Waals surface area contributed by atoms with Crippen molar-refractivity contribution >= 4 is 11.6 Å². The van der Waals surface area contributed by atoms with Crippen molar-refractivity contribution in [2.45, 2.75) is 40.7 Å². The summed E-state index contributed by atoms with van der Waals surface area (Å²) >= 11 is 0. The highest BCUT2D eigenvalue weighted by molar-refractivity contribution is 5.57. The molecule has 1 aromatic heterocycles. The van der Waals surface area contributed by atoms with Gasteiger partial charge >= 0.3 is 0 Å². The lowest BCUT2D eigenvalue weighted by atomic mass is 10.1. The summed E-state index contributed by atoms with van der Waals surface area (Å²) in [4.78, 5) is 8.78. The Morgan fingerprint density at radius 3 is 2.06 bits per heavy atom. The van der Waals surface area contributed by atoms with Crippen LogP contribution in [-0.2, 0) is 0 Å². The van der Waals surface area contributed by atoms with Crippen molar-refractivity contribution in [3.63, 3.8) is 0 Å². The van der Waals surface area contributed by atoms with Crippen LogP contribution in [-0.4, -0.2) is 23.1 Å². The minimum Gasteiger partial charge on any atom is -0.373 e. The Morgan fingerprint density at radius 2 is 1.56 bits per heavy atom. The van der Waals surface area contributed by atoms with Gasteiger partial charge in [-0.3, -0.25) is 0 Å². The monoisotopic (exact) mass is 222 g/mol. The average molecular weight is 222 g/mol. The SMILES string of the molecule is CNc1nc(C)nc(NC(C)C(C)C)c1C. The van der Waals surface area contributed by atoms with E-state index in [2.05, 4.69) is 41.4 Å². The highest BCUT2D eigenvalue weighted by Crippen LogP contribution is 2.21. The molecule has 0 saturated heterocycles. The fraction of sp³-hybridized carbons (Fsp3) is 0.667. The zero-order valence-corrected chi connectivity index (χ0v) is 11.0. The first-order chi connectivity index (χ1) is 7.45. The molecule has 0 aliphatic heterocycles. The lowest BCUT2D eigenvalue weighted by Gasteiger charge is -2.20. The highest BCUT2D eigenvalue weighted by atomic mass is 15.1. The van der Waals surface area contributed by atoms with Crippen LogP contribution < -0.4 is 10.6 Å². The normalized spacial score (nSPS) is 12.7. The predicted octanol–water partition coefficient (Wildman–Crippen LogP) is 2.59. The third kappa shape index (κ3) is 2.84. The van der Waals surface area contributed by atoms with E-state index in [1.165, 1.54) is 0 Å². The van der Waals surface area contributed by atoms with Crippen LogP contribution in [0.3, 0.4) is 0 Å². The van der Waals surface area contributed by atoms with E-state index in [4.69, 9.17) is 0 Å². The van der Waals surface area contributed by atoms with Crippen molar-refractivity contribution in [3.05, 3.63) is 11.4 Å². The van der Waals surface area contributed by atoms with E-state index in [1.54, 1.807) is 0 Å². The van der Waals surface area contributed by atoms with E-state index in [1.807, 2.05) is 20.9 Å². The average Bonchev–Trinajstić information content (AvgIpc) is 2.22. The van der Waals surface area contributed by atoms with Crippen molar-refractivity contribution in [1.29, 1.82) is 0 Å². The van der Waals surface area contributed by atoms with E-state index in [-0.39, 0.29) is 0 Å². The third-order valence-corrected chi connectivity index (χ3v) is 2.86. The summed E-state index contributed by atoms with van der Waals surface area (Å²) in [6, 6.07) is 0.401. The van der Waals surface area contributed by atoms with E-state index in [9.17, 15) is 0 Å². The van der Waals surface area contributed by atoms with Gasteiger partial charge in [0.05, 0.1) is 0 Å². The summed E-state index contributed by atoms with van der Waals surface area (Å²) in [5.41, 5.74) is 1.07. The largest absolute Gasteiger partial charge is 0.373 e. The predicted molar refractivity (Wildman–Crippen MR) is 69.0 cm³/mol.